The molecule has 0 atom stereocenters. The van der Waals surface area contributed by atoms with Crippen molar-refractivity contribution >= 4 is 81.4 Å². The van der Waals surface area contributed by atoms with Crippen molar-refractivity contribution in [2.45, 2.75) is 0 Å². The molecule has 1 aliphatic heterocycles. The van der Waals surface area contributed by atoms with Crippen molar-refractivity contribution in [3.8, 4) is 33.8 Å². The zero-order chi connectivity index (χ0) is 32.1. The van der Waals surface area contributed by atoms with Crippen molar-refractivity contribution in [1.82, 2.24) is 9.97 Å². The lowest BCUT2D eigenvalue weighted by atomic mass is 9.91. The van der Waals surface area contributed by atoms with Crippen molar-refractivity contribution < 1.29 is 4.42 Å². The fraction of sp³-hybridized carbons (Fsp3) is 0. The van der Waals surface area contributed by atoms with Gasteiger partial charge in [0.05, 0.1) is 27.3 Å². The Kier molecular flexibility index (Phi) is 5.51. The lowest BCUT2D eigenvalue weighted by Gasteiger charge is -2.33. The first-order chi connectivity index (χ1) is 24.3. The van der Waals surface area contributed by atoms with E-state index < -0.39 is 0 Å². The van der Waals surface area contributed by atoms with Crippen LogP contribution in [0, 0.1) is 0 Å². The van der Waals surface area contributed by atoms with E-state index >= 15 is 0 Å². The number of para-hydroxylation sites is 2. The summed E-state index contributed by atoms with van der Waals surface area (Å²) in [7, 11) is 0. The van der Waals surface area contributed by atoms with Gasteiger partial charge in [-0.2, -0.15) is 0 Å². The van der Waals surface area contributed by atoms with Crippen molar-refractivity contribution in [3.63, 3.8) is 0 Å². The van der Waals surface area contributed by atoms with Crippen LogP contribution in [0.5, 0.6) is 0 Å². The SMILES string of the molecule is c1ccc2c(c1)-c1cccc3cccc(c13)N2c1ccc(-c2nc(-c3ccc4c(c3)oc3ccccc34)c3sc4ccccc4c3n2)cc1. The highest BCUT2D eigenvalue weighted by atomic mass is 32.1. The number of hydrogen-bond donors (Lipinski definition) is 0. The molecule has 0 amide bonds. The highest BCUT2D eigenvalue weighted by molar-refractivity contribution is 7.26. The predicted octanol–water partition coefficient (Wildman–Crippen LogP) is 12.7. The topological polar surface area (TPSA) is 42.2 Å². The molecule has 4 heterocycles. The van der Waals surface area contributed by atoms with Crippen LogP contribution in [0.1, 0.15) is 0 Å². The Balaban J connectivity index is 1.08. The average Bonchev–Trinajstić information content (AvgIpc) is 3.73. The maximum atomic E-state index is 6.29. The number of thiophene rings is 1. The number of furan rings is 1. The molecule has 228 valence electrons. The molecule has 11 rings (SSSR count). The highest BCUT2D eigenvalue weighted by Gasteiger charge is 2.26. The number of benzene rings is 7. The van der Waals surface area contributed by atoms with E-state index in [2.05, 4.69) is 144 Å². The van der Waals surface area contributed by atoms with Crippen LogP contribution in [-0.2, 0) is 0 Å². The smallest absolute Gasteiger partial charge is 0.160 e. The standard InChI is InChI=1S/C44H25N3OS/c1-4-15-35-30(11-1)33-14-7-9-26-10-8-16-36(40(26)33)47(35)29-22-19-27(20-23-29)44-45-41(43-42(46-44)34-13-3-6-18-39(34)49-43)28-21-24-32-31-12-2-5-17-37(31)48-38(32)25-28/h1-25H. The summed E-state index contributed by atoms with van der Waals surface area (Å²) in [6.45, 7) is 0. The Morgan fingerprint density at radius 3 is 2.16 bits per heavy atom. The van der Waals surface area contributed by atoms with Crippen LogP contribution in [0.2, 0.25) is 0 Å². The fourth-order valence-electron chi connectivity index (χ4n) is 7.58. The van der Waals surface area contributed by atoms with Crippen molar-refractivity contribution in [1.29, 1.82) is 0 Å². The maximum absolute atomic E-state index is 6.29. The van der Waals surface area contributed by atoms with Gasteiger partial charge in [0.25, 0.3) is 0 Å². The van der Waals surface area contributed by atoms with Gasteiger partial charge in [-0.1, -0.05) is 91.0 Å². The molecule has 0 unspecified atom stereocenters. The molecule has 0 radical (unpaired) electrons. The number of anilines is 3. The van der Waals surface area contributed by atoms with Crippen LogP contribution >= 0.6 is 11.3 Å². The molecule has 1 aliphatic rings. The monoisotopic (exact) mass is 643 g/mol. The van der Waals surface area contributed by atoms with Crippen LogP contribution in [0.4, 0.5) is 17.1 Å². The average molecular weight is 644 g/mol. The first-order valence-electron chi connectivity index (χ1n) is 16.4. The quantitative estimate of drug-likeness (QED) is 0.192. The van der Waals surface area contributed by atoms with Crippen LogP contribution < -0.4 is 4.90 Å². The second-order valence-electron chi connectivity index (χ2n) is 12.6. The first kappa shape index (κ1) is 26.7. The number of fused-ring (bicyclic) bond motifs is 8. The summed E-state index contributed by atoms with van der Waals surface area (Å²) in [6.07, 6.45) is 0. The highest BCUT2D eigenvalue weighted by Crippen LogP contribution is 2.51. The molecule has 0 fully saturated rings. The third-order valence-corrected chi connectivity index (χ3v) is 11.0. The van der Waals surface area contributed by atoms with Gasteiger partial charge in [0.1, 0.15) is 11.2 Å². The van der Waals surface area contributed by atoms with Gasteiger partial charge in [-0.15, -0.1) is 11.3 Å². The van der Waals surface area contributed by atoms with Gasteiger partial charge in [0.2, 0.25) is 0 Å². The second-order valence-corrected chi connectivity index (χ2v) is 13.6. The van der Waals surface area contributed by atoms with E-state index in [1.54, 1.807) is 11.3 Å². The number of aromatic nitrogens is 2. The molecule has 0 aliphatic carbocycles. The van der Waals surface area contributed by atoms with E-state index in [1.165, 1.54) is 38.0 Å². The van der Waals surface area contributed by atoms with E-state index in [0.717, 1.165) is 60.0 Å². The molecule has 5 heteroatoms. The Labute approximate surface area is 285 Å². The summed E-state index contributed by atoms with van der Waals surface area (Å²) in [5.74, 6) is 0.703. The summed E-state index contributed by atoms with van der Waals surface area (Å²) in [4.78, 5) is 12.9. The third-order valence-electron chi connectivity index (χ3n) is 9.81. The lowest BCUT2D eigenvalue weighted by molar-refractivity contribution is 0.669. The minimum absolute atomic E-state index is 0.703. The van der Waals surface area contributed by atoms with Crippen LogP contribution in [0.25, 0.3) is 86.8 Å². The largest absolute Gasteiger partial charge is 0.456 e. The van der Waals surface area contributed by atoms with Gasteiger partial charge in [0, 0.05) is 48.6 Å². The van der Waals surface area contributed by atoms with Gasteiger partial charge in [-0.05, 0) is 71.6 Å². The molecule has 0 spiro atoms. The minimum Gasteiger partial charge on any atom is -0.456 e. The molecule has 0 saturated carbocycles. The van der Waals surface area contributed by atoms with E-state index in [0.29, 0.717) is 5.82 Å². The Morgan fingerprint density at radius 2 is 1.24 bits per heavy atom. The van der Waals surface area contributed by atoms with E-state index in [-0.39, 0.29) is 0 Å². The molecule has 49 heavy (non-hydrogen) atoms. The van der Waals surface area contributed by atoms with Gasteiger partial charge >= 0.3 is 0 Å². The minimum atomic E-state index is 0.703. The van der Waals surface area contributed by atoms with Crippen molar-refractivity contribution in [2.75, 3.05) is 4.90 Å². The number of rotatable bonds is 3. The summed E-state index contributed by atoms with van der Waals surface area (Å²) in [5, 5.41) is 5.89. The maximum Gasteiger partial charge on any atom is 0.160 e. The van der Waals surface area contributed by atoms with Gasteiger partial charge < -0.3 is 9.32 Å². The summed E-state index contributed by atoms with van der Waals surface area (Å²) >= 11 is 1.74. The Bertz CT molecular complexity index is 2950. The molecule has 0 bridgehead atoms. The Hall–Kier alpha value is -6.30. The lowest BCUT2D eigenvalue weighted by Crippen LogP contribution is -2.14. The van der Waals surface area contributed by atoms with Crippen LogP contribution in [-0.4, -0.2) is 9.97 Å². The molecule has 0 N–H and O–H groups in total. The molecule has 3 aromatic heterocycles. The van der Waals surface area contributed by atoms with Crippen LogP contribution in [0.15, 0.2) is 156 Å². The molecular weight excluding hydrogens is 619 g/mol. The Morgan fingerprint density at radius 1 is 0.531 bits per heavy atom. The third kappa shape index (κ3) is 3.91. The first-order valence-corrected chi connectivity index (χ1v) is 17.2. The van der Waals surface area contributed by atoms with E-state index in [1.807, 2.05) is 12.1 Å². The number of hydrogen-bond acceptors (Lipinski definition) is 5. The molecule has 4 nitrogen and oxygen atoms in total. The van der Waals surface area contributed by atoms with Gasteiger partial charge in [-0.25, -0.2) is 9.97 Å². The van der Waals surface area contributed by atoms with Crippen molar-refractivity contribution in [3.05, 3.63) is 152 Å². The molecule has 7 aromatic carbocycles. The zero-order valence-electron chi connectivity index (χ0n) is 26.1. The van der Waals surface area contributed by atoms with Crippen molar-refractivity contribution in [2.24, 2.45) is 0 Å². The summed E-state index contributed by atoms with van der Waals surface area (Å²) in [5.41, 5.74) is 11.6. The molecular formula is C44H25N3OS. The van der Waals surface area contributed by atoms with Gasteiger partial charge in [0.15, 0.2) is 5.82 Å². The summed E-state index contributed by atoms with van der Waals surface area (Å²) < 4.78 is 8.57. The van der Waals surface area contributed by atoms with Gasteiger partial charge in [-0.3, -0.25) is 0 Å². The number of nitrogens with zero attached hydrogens (tertiary/aromatic N) is 3. The van der Waals surface area contributed by atoms with E-state index in [9.17, 15) is 0 Å². The van der Waals surface area contributed by atoms with Crippen LogP contribution in [0.3, 0.4) is 0 Å². The fourth-order valence-corrected chi connectivity index (χ4v) is 8.74. The van der Waals surface area contributed by atoms with E-state index in [4.69, 9.17) is 14.4 Å². The zero-order valence-corrected chi connectivity index (χ0v) is 26.9. The predicted molar refractivity (Wildman–Crippen MR) is 204 cm³/mol. The second kappa shape index (κ2) is 10.1. The molecule has 10 aromatic rings. The normalized spacial score (nSPS) is 12.4. The summed E-state index contributed by atoms with van der Waals surface area (Å²) in [6, 6.07) is 53.6. The molecule has 0 saturated heterocycles.